The first kappa shape index (κ1) is 17.2. The maximum absolute atomic E-state index is 12.5. The molecule has 1 amide bonds. The van der Waals surface area contributed by atoms with E-state index in [1.807, 2.05) is 60.7 Å². The van der Waals surface area contributed by atoms with Crippen LogP contribution in [0.4, 0.5) is 0 Å². The molecule has 0 saturated carbocycles. The minimum Gasteiger partial charge on any atom is -0.388 e. The van der Waals surface area contributed by atoms with Crippen LogP contribution < -0.4 is 0 Å². The van der Waals surface area contributed by atoms with Gasteiger partial charge in [0, 0.05) is 24.4 Å². The van der Waals surface area contributed by atoms with Crippen molar-refractivity contribution in [3.63, 3.8) is 0 Å². The van der Waals surface area contributed by atoms with Crippen LogP contribution in [0.25, 0.3) is 0 Å². The van der Waals surface area contributed by atoms with Crippen molar-refractivity contribution in [2.45, 2.75) is 18.6 Å². The number of aliphatic hydroxyl groups is 1. The summed E-state index contributed by atoms with van der Waals surface area (Å²) in [7, 11) is 0. The number of carbonyl (C=O) groups is 1. The number of rotatable bonds is 3. The van der Waals surface area contributed by atoms with Crippen LogP contribution in [-0.2, 0) is 9.53 Å². The van der Waals surface area contributed by atoms with Crippen molar-refractivity contribution in [3.05, 3.63) is 71.8 Å². The largest absolute Gasteiger partial charge is 0.388 e. The molecule has 25 heavy (non-hydrogen) atoms. The molecule has 2 aromatic rings. The third-order valence-corrected chi connectivity index (χ3v) is 4.26. The molecule has 0 radical (unpaired) electrons. The molecule has 4 nitrogen and oxygen atoms in total. The van der Waals surface area contributed by atoms with E-state index >= 15 is 0 Å². The first-order valence-electron chi connectivity index (χ1n) is 8.42. The zero-order valence-electron chi connectivity index (χ0n) is 14.0. The Balaban J connectivity index is 1.68. The number of aliphatic hydroxyl groups excluding tert-OH is 1. The fourth-order valence-electron chi connectivity index (χ4n) is 2.91. The highest BCUT2D eigenvalue weighted by atomic mass is 16.5. The normalized spacial score (nSPS) is 18.1. The number of hydrogen-bond acceptors (Lipinski definition) is 3. The molecule has 1 heterocycles. The summed E-state index contributed by atoms with van der Waals surface area (Å²) in [6.45, 7) is 1.41. The Kier molecular flexibility index (Phi) is 5.84. The molecule has 1 saturated heterocycles. The Hall–Kier alpha value is -2.61. The molecule has 2 aromatic carbocycles. The van der Waals surface area contributed by atoms with E-state index in [2.05, 4.69) is 11.8 Å². The van der Waals surface area contributed by atoms with Crippen LogP contribution in [0.15, 0.2) is 60.7 Å². The Labute approximate surface area is 148 Å². The summed E-state index contributed by atoms with van der Waals surface area (Å²) in [6, 6.07) is 18.7. The van der Waals surface area contributed by atoms with Gasteiger partial charge in [0.15, 0.2) is 0 Å². The number of benzene rings is 2. The highest BCUT2D eigenvalue weighted by Crippen LogP contribution is 2.22. The Morgan fingerprint density at radius 3 is 2.56 bits per heavy atom. The molecule has 0 aliphatic carbocycles. The van der Waals surface area contributed by atoms with Crippen molar-refractivity contribution in [1.29, 1.82) is 0 Å². The average Bonchev–Trinajstić information content (AvgIpc) is 2.68. The number of morpholine rings is 1. The second kappa shape index (κ2) is 8.48. The van der Waals surface area contributed by atoms with Crippen molar-refractivity contribution in [1.82, 2.24) is 4.90 Å². The summed E-state index contributed by atoms with van der Waals surface area (Å²) in [6.07, 6.45) is -0.201. The van der Waals surface area contributed by atoms with Gasteiger partial charge in [-0.1, -0.05) is 54.5 Å². The molecule has 4 heteroatoms. The second-order valence-corrected chi connectivity index (χ2v) is 6.01. The lowest BCUT2D eigenvalue weighted by atomic mass is 10.0. The van der Waals surface area contributed by atoms with Crippen molar-refractivity contribution in [2.75, 3.05) is 19.8 Å². The number of amides is 1. The lowest BCUT2D eigenvalue weighted by Crippen LogP contribution is -2.48. The lowest BCUT2D eigenvalue weighted by Gasteiger charge is -2.35. The summed E-state index contributed by atoms with van der Waals surface area (Å²) in [5.74, 6) is 5.39. The van der Waals surface area contributed by atoms with Crippen LogP contribution in [0.3, 0.4) is 0 Å². The van der Waals surface area contributed by atoms with Crippen molar-refractivity contribution in [2.24, 2.45) is 0 Å². The molecule has 3 rings (SSSR count). The van der Waals surface area contributed by atoms with E-state index < -0.39 is 6.10 Å². The molecule has 1 aliphatic heterocycles. The van der Waals surface area contributed by atoms with Crippen LogP contribution in [0.5, 0.6) is 0 Å². The third kappa shape index (κ3) is 4.69. The van der Waals surface area contributed by atoms with Crippen LogP contribution in [-0.4, -0.2) is 41.7 Å². The van der Waals surface area contributed by atoms with Crippen molar-refractivity contribution >= 4 is 5.91 Å². The molecule has 0 bridgehead atoms. The zero-order chi connectivity index (χ0) is 17.5. The summed E-state index contributed by atoms with van der Waals surface area (Å²) < 4.78 is 5.51. The first-order chi connectivity index (χ1) is 12.2. The second-order valence-electron chi connectivity index (χ2n) is 6.01. The molecule has 128 valence electrons. The van der Waals surface area contributed by atoms with Gasteiger partial charge in [-0.25, -0.2) is 0 Å². The van der Waals surface area contributed by atoms with Gasteiger partial charge in [-0.15, -0.1) is 0 Å². The topological polar surface area (TPSA) is 49.8 Å². The van der Waals surface area contributed by atoms with Gasteiger partial charge in [0.1, 0.15) is 0 Å². The molecule has 0 spiro atoms. The zero-order valence-corrected chi connectivity index (χ0v) is 14.0. The Morgan fingerprint density at radius 2 is 1.84 bits per heavy atom. The molecule has 2 atom stereocenters. The summed E-state index contributed by atoms with van der Waals surface area (Å²) in [5.41, 5.74) is 1.65. The number of nitrogens with zero attached hydrogens (tertiary/aromatic N) is 1. The van der Waals surface area contributed by atoms with Gasteiger partial charge >= 0.3 is 0 Å². The molecule has 0 unspecified atom stereocenters. The van der Waals surface area contributed by atoms with Gasteiger partial charge in [-0.05, 0) is 17.7 Å². The summed E-state index contributed by atoms with van der Waals surface area (Å²) in [5, 5.41) is 10.5. The molecular weight excluding hydrogens is 314 g/mol. The van der Waals surface area contributed by atoms with E-state index in [-0.39, 0.29) is 11.9 Å². The maximum Gasteiger partial charge on any atom is 0.299 e. The molecule has 1 aliphatic rings. The quantitative estimate of drug-likeness (QED) is 0.876. The molecule has 1 fully saturated rings. The van der Waals surface area contributed by atoms with E-state index in [0.29, 0.717) is 26.2 Å². The van der Waals surface area contributed by atoms with Crippen LogP contribution in [0.2, 0.25) is 0 Å². The fourth-order valence-corrected chi connectivity index (χ4v) is 2.91. The third-order valence-electron chi connectivity index (χ3n) is 4.26. The van der Waals surface area contributed by atoms with Crippen LogP contribution >= 0.6 is 0 Å². The SMILES string of the molecule is O=C(C#Cc1ccccc1)N1CCOC[C@H]1C[C@@H](O)c1ccccc1. The van der Waals surface area contributed by atoms with Gasteiger partial charge in [-0.3, -0.25) is 4.79 Å². The lowest BCUT2D eigenvalue weighted by molar-refractivity contribution is -0.134. The minimum absolute atomic E-state index is 0.179. The molecule has 1 N–H and O–H groups in total. The van der Waals surface area contributed by atoms with E-state index in [1.165, 1.54) is 0 Å². The summed E-state index contributed by atoms with van der Waals surface area (Å²) in [4.78, 5) is 14.2. The van der Waals surface area contributed by atoms with Gasteiger partial charge in [0.2, 0.25) is 0 Å². The predicted octanol–water partition coefficient (Wildman–Crippen LogP) is 2.39. The number of hydrogen-bond donors (Lipinski definition) is 1. The van der Waals surface area contributed by atoms with Crippen molar-refractivity contribution in [3.8, 4) is 11.8 Å². The highest BCUT2D eigenvalue weighted by molar-refractivity contribution is 5.94. The summed E-state index contributed by atoms with van der Waals surface area (Å²) >= 11 is 0. The Morgan fingerprint density at radius 1 is 1.16 bits per heavy atom. The maximum atomic E-state index is 12.5. The average molecular weight is 335 g/mol. The van der Waals surface area contributed by atoms with Crippen LogP contribution in [0, 0.1) is 11.8 Å². The Bertz CT molecular complexity index is 749. The first-order valence-corrected chi connectivity index (χ1v) is 8.42. The number of carbonyl (C=O) groups excluding carboxylic acids is 1. The van der Waals surface area contributed by atoms with Gasteiger partial charge < -0.3 is 14.7 Å². The van der Waals surface area contributed by atoms with E-state index in [9.17, 15) is 9.90 Å². The van der Waals surface area contributed by atoms with E-state index in [1.54, 1.807) is 4.90 Å². The number of ether oxygens (including phenoxy) is 1. The molecule has 0 aromatic heterocycles. The van der Waals surface area contributed by atoms with Gasteiger partial charge in [0.25, 0.3) is 5.91 Å². The highest BCUT2D eigenvalue weighted by Gasteiger charge is 2.28. The predicted molar refractivity (Wildman–Crippen MR) is 95.7 cm³/mol. The van der Waals surface area contributed by atoms with E-state index in [0.717, 1.165) is 11.1 Å². The smallest absolute Gasteiger partial charge is 0.299 e. The minimum atomic E-state index is -0.634. The standard InChI is InChI=1S/C21H21NO3/c23-20(18-9-5-2-6-10-18)15-19-16-25-14-13-22(19)21(24)12-11-17-7-3-1-4-8-17/h1-10,19-20,23H,13-16H2/t19-,20-/m1/s1. The van der Waals surface area contributed by atoms with E-state index in [4.69, 9.17) is 4.74 Å². The molecular formula is C21H21NO3. The fraction of sp³-hybridized carbons (Fsp3) is 0.286. The van der Waals surface area contributed by atoms with Gasteiger partial charge in [0.05, 0.1) is 25.4 Å². The van der Waals surface area contributed by atoms with Crippen molar-refractivity contribution < 1.29 is 14.6 Å². The van der Waals surface area contributed by atoms with Crippen LogP contribution in [0.1, 0.15) is 23.7 Å². The monoisotopic (exact) mass is 335 g/mol. The van der Waals surface area contributed by atoms with Gasteiger partial charge in [-0.2, -0.15) is 0 Å².